The normalized spacial score (nSPS) is 13.1. The Bertz CT molecular complexity index is 959. The SMILES string of the molecule is CCCC(NC(=O)NC(C)c1ccc(OC)c(Br)c1)c1nnc2ccccn12. The van der Waals surface area contributed by atoms with Gasteiger partial charge in [0.05, 0.1) is 23.7 Å². The molecule has 0 radical (unpaired) electrons. The summed E-state index contributed by atoms with van der Waals surface area (Å²) in [6.45, 7) is 4.02. The van der Waals surface area contributed by atoms with E-state index in [-0.39, 0.29) is 18.1 Å². The van der Waals surface area contributed by atoms with E-state index in [1.165, 1.54) is 0 Å². The van der Waals surface area contributed by atoms with Crippen LogP contribution in [0.25, 0.3) is 5.65 Å². The highest BCUT2D eigenvalue weighted by Crippen LogP contribution is 2.28. The van der Waals surface area contributed by atoms with Crippen LogP contribution in [-0.2, 0) is 0 Å². The number of carbonyl (C=O) groups is 1. The third-order valence-electron chi connectivity index (χ3n) is 4.56. The van der Waals surface area contributed by atoms with Gasteiger partial charge >= 0.3 is 6.03 Å². The highest BCUT2D eigenvalue weighted by Gasteiger charge is 2.20. The van der Waals surface area contributed by atoms with E-state index >= 15 is 0 Å². The summed E-state index contributed by atoms with van der Waals surface area (Å²) in [5.41, 5.74) is 1.74. The molecule has 0 fully saturated rings. The Balaban J connectivity index is 1.71. The molecule has 7 nitrogen and oxygen atoms in total. The zero-order valence-electron chi connectivity index (χ0n) is 16.1. The Labute approximate surface area is 172 Å². The Morgan fingerprint density at radius 3 is 2.79 bits per heavy atom. The van der Waals surface area contributed by atoms with Crippen molar-refractivity contribution in [3.05, 3.63) is 58.5 Å². The van der Waals surface area contributed by atoms with Crippen LogP contribution in [0.3, 0.4) is 0 Å². The quantitative estimate of drug-likeness (QED) is 0.564. The van der Waals surface area contributed by atoms with Crippen molar-refractivity contribution in [3.63, 3.8) is 0 Å². The van der Waals surface area contributed by atoms with E-state index in [9.17, 15) is 4.79 Å². The fourth-order valence-corrected chi connectivity index (χ4v) is 3.64. The number of nitrogens with zero attached hydrogens (tertiary/aromatic N) is 3. The predicted molar refractivity (Wildman–Crippen MR) is 111 cm³/mol. The van der Waals surface area contributed by atoms with Gasteiger partial charge in [-0.3, -0.25) is 4.40 Å². The molecular weight excluding hydrogens is 422 g/mol. The Morgan fingerprint density at radius 1 is 1.25 bits per heavy atom. The molecule has 1 aromatic carbocycles. The van der Waals surface area contributed by atoms with E-state index < -0.39 is 0 Å². The van der Waals surface area contributed by atoms with Crippen LogP contribution in [0.15, 0.2) is 47.1 Å². The molecule has 8 heteroatoms. The zero-order chi connectivity index (χ0) is 20.1. The number of ether oxygens (including phenoxy) is 1. The monoisotopic (exact) mass is 445 g/mol. The van der Waals surface area contributed by atoms with Gasteiger partial charge in [0.1, 0.15) is 5.75 Å². The van der Waals surface area contributed by atoms with Crippen LogP contribution in [0.5, 0.6) is 5.75 Å². The van der Waals surface area contributed by atoms with Gasteiger partial charge in [-0.1, -0.05) is 25.5 Å². The number of fused-ring (bicyclic) bond motifs is 1. The van der Waals surface area contributed by atoms with Crippen molar-refractivity contribution >= 4 is 27.6 Å². The van der Waals surface area contributed by atoms with Crippen molar-refractivity contribution in [2.45, 2.75) is 38.8 Å². The fourth-order valence-electron chi connectivity index (χ4n) is 3.08. The van der Waals surface area contributed by atoms with Gasteiger partial charge in [0.25, 0.3) is 0 Å². The Hall–Kier alpha value is -2.61. The zero-order valence-corrected chi connectivity index (χ0v) is 17.7. The molecule has 3 rings (SSSR count). The molecule has 0 saturated heterocycles. The average molecular weight is 446 g/mol. The molecule has 3 aromatic rings. The second kappa shape index (κ2) is 9.05. The van der Waals surface area contributed by atoms with Crippen molar-refractivity contribution in [2.75, 3.05) is 7.11 Å². The molecule has 2 atom stereocenters. The number of urea groups is 1. The van der Waals surface area contributed by atoms with Crippen molar-refractivity contribution in [1.29, 1.82) is 0 Å². The maximum atomic E-state index is 12.6. The lowest BCUT2D eigenvalue weighted by Crippen LogP contribution is -2.39. The molecule has 2 heterocycles. The van der Waals surface area contributed by atoms with Gasteiger partial charge in [0.2, 0.25) is 0 Å². The predicted octanol–water partition coefficient (Wildman–Crippen LogP) is 4.40. The summed E-state index contributed by atoms with van der Waals surface area (Å²) in [6, 6.07) is 10.8. The summed E-state index contributed by atoms with van der Waals surface area (Å²) in [4.78, 5) is 12.6. The molecule has 0 aliphatic rings. The molecule has 2 unspecified atom stereocenters. The number of aromatic nitrogens is 3. The topological polar surface area (TPSA) is 80.5 Å². The Kier molecular flexibility index (Phi) is 6.51. The van der Waals surface area contributed by atoms with Crippen LogP contribution >= 0.6 is 15.9 Å². The van der Waals surface area contributed by atoms with Gasteiger partial charge in [-0.2, -0.15) is 0 Å². The van der Waals surface area contributed by atoms with Crippen molar-refractivity contribution < 1.29 is 9.53 Å². The molecule has 0 saturated carbocycles. The molecule has 2 N–H and O–H groups in total. The molecular formula is C20H24BrN5O2. The lowest BCUT2D eigenvalue weighted by atomic mass is 10.1. The summed E-state index contributed by atoms with van der Waals surface area (Å²) >= 11 is 3.48. The summed E-state index contributed by atoms with van der Waals surface area (Å²) < 4.78 is 8.01. The number of hydrogen-bond donors (Lipinski definition) is 2. The number of carbonyl (C=O) groups excluding carboxylic acids is 1. The second-order valence-electron chi connectivity index (χ2n) is 6.56. The van der Waals surface area contributed by atoms with Crippen molar-refractivity contribution in [2.24, 2.45) is 0 Å². The number of pyridine rings is 1. The largest absolute Gasteiger partial charge is 0.496 e. The van der Waals surface area contributed by atoms with Gasteiger partial charge in [0.15, 0.2) is 11.5 Å². The lowest BCUT2D eigenvalue weighted by Gasteiger charge is -2.20. The second-order valence-corrected chi connectivity index (χ2v) is 7.42. The summed E-state index contributed by atoms with van der Waals surface area (Å²) in [5, 5.41) is 14.5. The number of amides is 2. The minimum Gasteiger partial charge on any atom is -0.496 e. The molecule has 0 aliphatic heterocycles. The van der Waals surface area contributed by atoms with Crippen LogP contribution in [0, 0.1) is 0 Å². The van der Waals surface area contributed by atoms with E-state index in [4.69, 9.17) is 4.74 Å². The Morgan fingerprint density at radius 2 is 2.07 bits per heavy atom. The van der Waals surface area contributed by atoms with Crippen LogP contribution in [-0.4, -0.2) is 27.7 Å². The highest BCUT2D eigenvalue weighted by molar-refractivity contribution is 9.10. The summed E-state index contributed by atoms with van der Waals surface area (Å²) in [6.07, 6.45) is 3.59. The lowest BCUT2D eigenvalue weighted by molar-refractivity contribution is 0.232. The van der Waals surface area contributed by atoms with E-state index in [1.54, 1.807) is 7.11 Å². The summed E-state index contributed by atoms with van der Waals surface area (Å²) in [5.74, 6) is 1.48. The van der Waals surface area contributed by atoms with E-state index in [1.807, 2.05) is 53.9 Å². The molecule has 0 bridgehead atoms. The molecule has 28 heavy (non-hydrogen) atoms. The van der Waals surface area contributed by atoms with Crippen molar-refractivity contribution in [3.8, 4) is 5.75 Å². The van der Waals surface area contributed by atoms with E-state index in [0.29, 0.717) is 0 Å². The van der Waals surface area contributed by atoms with Gasteiger partial charge in [-0.25, -0.2) is 4.79 Å². The first kappa shape index (κ1) is 20.1. The van der Waals surface area contributed by atoms with Crippen LogP contribution in [0.4, 0.5) is 4.79 Å². The fraction of sp³-hybridized carbons (Fsp3) is 0.350. The smallest absolute Gasteiger partial charge is 0.315 e. The van der Waals surface area contributed by atoms with Crippen LogP contribution < -0.4 is 15.4 Å². The number of hydrogen-bond acceptors (Lipinski definition) is 4. The number of benzene rings is 1. The first-order chi connectivity index (χ1) is 13.5. The molecule has 2 amide bonds. The third-order valence-corrected chi connectivity index (χ3v) is 5.18. The third kappa shape index (κ3) is 4.44. The number of halogens is 1. The first-order valence-corrected chi connectivity index (χ1v) is 10.0. The van der Waals surface area contributed by atoms with Crippen molar-refractivity contribution in [1.82, 2.24) is 25.2 Å². The minimum absolute atomic E-state index is 0.167. The van der Waals surface area contributed by atoms with Crippen LogP contribution in [0.1, 0.15) is 50.2 Å². The molecule has 0 aliphatic carbocycles. The number of nitrogens with one attached hydrogen (secondary N) is 2. The maximum absolute atomic E-state index is 12.6. The van der Waals surface area contributed by atoms with Gasteiger partial charge in [0, 0.05) is 6.20 Å². The van der Waals surface area contributed by atoms with E-state index in [0.717, 1.165) is 40.1 Å². The first-order valence-electron chi connectivity index (χ1n) is 9.23. The number of rotatable bonds is 7. The highest BCUT2D eigenvalue weighted by atomic mass is 79.9. The van der Waals surface area contributed by atoms with Gasteiger partial charge in [-0.05, 0) is 59.1 Å². The molecule has 0 spiro atoms. The molecule has 148 valence electrons. The summed E-state index contributed by atoms with van der Waals surface area (Å²) in [7, 11) is 1.62. The average Bonchev–Trinajstić information content (AvgIpc) is 3.11. The van der Waals surface area contributed by atoms with Gasteiger partial charge < -0.3 is 15.4 Å². The minimum atomic E-state index is -0.245. The number of methoxy groups -OCH3 is 1. The van der Waals surface area contributed by atoms with Crippen LogP contribution in [0.2, 0.25) is 0 Å². The molecule has 2 aromatic heterocycles. The van der Waals surface area contributed by atoms with Gasteiger partial charge in [-0.15, -0.1) is 10.2 Å². The standard InChI is InChI=1S/C20H24BrN5O2/c1-4-7-16(19-25-24-18-8-5-6-11-26(18)19)23-20(27)22-13(2)14-9-10-17(28-3)15(21)12-14/h5-6,8-13,16H,4,7H2,1-3H3,(H2,22,23,27). The maximum Gasteiger partial charge on any atom is 0.315 e. The van der Waals surface area contributed by atoms with E-state index in [2.05, 4.69) is 43.7 Å².